The molecule has 0 saturated carbocycles. The van der Waals surface area contributed by atoms with Gasteiger partial charge >= 0.3 is 0 Å². The first-order chi connectivity index (χ1) is 5.40. The summed E-state index contributed by atoms with van der Waals surface area (Å²) in [6.07, 6.45) is 9.30. The fourth-order valence-electron chi connectivity index (χ4n) is 1.22. The van der Waals surface area contributed by atoms with Crippen molar-refractivity contribution in [2.24, 2.45) is 4.99 Å². The highest BCUT2D eigenvalue weighted by Gasteiger charge is 2.17. The molecule has 0 aromatic carbocycles. The molecule has 1 unspecified atom stereocenters. The summed E-state index contributed by atoms with van der Waals surface area (Å²) in [5.74, 6) is 0. The SMILES string of the molecule is CCC1=CN2NC=NC2C=C1. The fourth-order valence-corrected chi connectivity index (χ4v) is 1.22. The van der Waals surface area contributed by atoms with Gasteiger partial charge in [-0.15, -0.1) is 0 Å². The second-order valence-corrected chi connectivity index (χ2v) is 2.64. The quantitative estimate of drug-likeness (QED) is 0.603. The Kier molecular flexibility index (Phi) is 1.42. The van der Waals surface area contributed by atoms with Crippen LogP contribution in [0.2, 0.25) is 0 Å². The van der Waals surface area contributed by atoms with Gasteiger partial charge in [-0.05, 0) is 18.1 Å². The average molecular weight is 149 g/mol. The van der Waals surface area contributed by atoms with E-state index < -0.39 is 0 Å². The van der Waals surface area contributed by atoms with E-state index in [0.29, 0.717) is 0 Å². The molecule has 0 amide bonds. The van der Waals surface area contributed by atoms with E-state index in [9.17, 15) is 0 Å². The molecule has 0 fully saturated rings. The number of hydrazine groups is 1. The zero-order chi connectivity index (χ0) is 7.68. The molecule has 0 aromatic heterocycles. The number of nitrogens with zero attached hydrogens (tertiary/aromatic N) is 2. The van der Waals surface area contributed by atoms with Gasteiger partial charge in [-0.3, -0.25) is 10.4 Å². The molecule has 3 heteroatoms. The summed E-state index contributed by atoms with van der Waals surface area (Å²) >= 11 is 0. The van der Waals surface area contributed by atoms with E-state index in [1.54, 1.807) is 6.34 Å². The van der Waals surface area contributed by atoms with Crippen LogP contribution in [0.4, 0.5) is 0 Å². The van der Waals surface area contributed by atoms with Gasteiger partial charge in [0.25, 0.3) is 0 Å². The van der Waals surface area contributed by atoms with E-state index in [-0.39, 0.29) is 6.17 Å². The lowest BCUT2D eigenvalue weighted by Crippen LogP contribution is -2.34. The van der Waals surface area contributed by atoms with Crippen LogP contribution in [-0.2, 0) is 0 Å². The monoisotopic (exact) mass is 149 g/mol. The number of hydrogen-bond acceptors (Lipinski definition) is 3. The third kappa shape index (κ3) is 1.02. The lowest BCUT2D eigenvalue weighted by atomic mass is 10.1. The molecule has 0 bridgehead atoms. The first kappa shape index (κ1) is 6.46. The van der Waals surface area contributed by atoms with Gasteiger partial charge in [0.1, 0.15) is 6.34 Å². The van der Waals surface area contributed by atoms with Gasteiger partial charge in [-0.1, -0.05) is 13.0 Å². The van der Waals surface area contributed by atoms with Gasteiger partial charge in [0.15, 0.2) is 6.17 Å². The highest BCUT2D eigenvalue weighted by molar-refractivity contribution is 5.57. The minimum Gasteiger partial charge on any atom is -0.286 e. The number of rotatable bonds is 1. The van der Waals surface area contributed by atoms with Crippen molar-refractivity contribution in [3.63, 3.8) is 0 Å². The molecule has 11 heavy (non-hydrogen) atoms. The second-order valence-electron chi connectivity index (χ2n) is 2.64. The van der Waals surface area contributed by atoms with Crippen molar-refractivity contribution in [1.82, 2.24) is 10.4 Å². The van der Waals surface area contributed by atoms with Crippen LogP contribution in [0.15, 0.2) is 28.9 Å². The Morgan fingerprint density at radius 2 is 2.64 bits per heavy atom. The van der Waals surface area contributed by atoms with Crippen LogP contribution in [0.5, 0.6) is 0 Å². The van der Waals surface area contributed by atoms with Crippen LogP contribution in [0.3, 0.4) is 0 Å². The molecule has 58 valence electrons. The first-order valence-electron chi connectivity index (χ1n) is 3.85. The van der Waals surface area contributed by atoms with Crippen LogP contribution < -0.4 is 5.43 Å². The van der Waals surface area contributed by atoms with Crippen LogP contribution in [-0.4, -0.2) is 17.5 Å². The Morgan fingerprint density at radius 3 is 3.45 bits per heavy atom. The Bertz CT molecular complexity index is 240. The Hall–Kier alpha value is -1.25. The molecule has 1 atom stereocenters. The van der Waals surface area contributed by atoms with Gasteiger partial charge < -0.3 is 0 Å². The maximum absolute atomic E-state index is 4.18. The molecule has 0 spiro atoms. The van der Waals surface area contributed by atoms with Crippen molar-refractivity contribution >= 4 is 6.34 Å². The Balaban J connectivity index is 2.18. The summed E-state index contributed by atoms with van der Waals surface area (Å²) in [6, 6.07) is 0. The molecular weight excluding hydrogens is 138 g/mol. The number of hydrogen-bond donors (Lipinski definition) is 1. The van der Waals surface area contributed by atoms with Crippen LogP contribution in [0, 0.1) is 0 Å². The molecule has 2 heterocycles. The zero-order valence-electron chi connectivity index (χ0n) is 6.49. The Labute approximate surface area is 66.1 Å². The maximum atomic E-state index is 4.18. The lowest BCUT2D eigenvalue weighted by molar-refractivity contribution is 0.312. The zero-order valence-corrected chi connectivity index (χ0v) is 6.49. The summed E-state index contributed by atoms with van der Waals surface area (Å²) < 4.78 is 0. The summed E-state index contributed by atoms with van der Waals surface area (Å²) in [6.45, 7) is 2.15. The number of allylic oxidation sites excluding steroid dienone is 2. The normalized spacial score (nSPS) is 26.5. The smallest absolute Gasteiger partial charge is 0.159 e. The summed E-state index contributed by atoms with van der Waals surface area (Å²) in [5, 5.41) is 2.00. The fraction of sp³-hybridized carbons (Fsp3) is 0.375. The molecule has 0 aromatic rings. The molecule has 1 N–H and O–H groups in total. The molecule has 2 aliphatic rings. The lowest BCUT2D eigenvalue weighted by Gasteiger charge is -2.22. The summed E-state index contributed by atoms with van der Waals surface area (Å²) in [7, 11) is 0. The summed E-state index contributed by atoms with van der Waals surface area (Å²) in [4.78, 5) is 4.18. The average Bonchev–Trinajstić information content (AvgIpc) is 2.50. The van der Waals surface area contributed by atoms with Crippen molar-refractivity contribution in [1.29, 1.82) is 0 Å². The number of aliphatic imine (C=N–C) groups is 1. The van der Waals surface area contributed by atoms with Crippen LogP contribution >= 0.6 is 0 Å². The standard InChI is InChI=1S/C8H11N3/c1-2-7-3-4-8-9-6-10-11(8)5-7/h3-6,8H,2H2,1H3,(H,9,10). The topological polar surface area (TPSA) is 27.6 Å². The van der Waals surface area contributed by atoms with Crippen molar-refractivity contribution in [3.05, 3.63) is 23.9 Å². The number of nitrogens with one attached hydrogen (secondary N) is 1. The van der Waals surface area contributed by atoms with E-state index in [1.165, 1.54) is 5.57 Å². The minimum atomic E-state index is 0.185. The van der Waals surface area contributed by atoms with Gasteiger partial charge in [0, 0.05) is 6.20 Å². The van der Waals surface area contributed by atoms with E-state index in [4.69, 9.17) is 0 Å². The molecule has 3 nitrogen and oxygen atoms in total. The maximum Gasteiger partial charge on any atom is 0.159 e. The van der Waals surface area contributed by atoms with Gasteiger partial charge in [-0.25, -0.2) is 4.99 Å². The van der Waals surface area contributed by atoms with Gasteiger partial charge in [0.05, 0.1) is 0 Å². The van der Waals surface area contributed by atoms with Crippen molar-refractivity contribution in [3.8, 4) is 0 Å². The largest absolute Gasteiger partial charge is 0.286 e. The van der Waals surface area contributed by atoms with Crippen LogP contribution in [0.25, 0.3) is 0 Å². The van der Waals surface area contributed by atoms with E-state index in [1.807, 2.05) is 5.01 Å². The van der Waals surface area contributed by atoms with E-state index in [2.05, 4.69) is 35.7 Å². The molecule has 2 rings (SSSR count). The third-order valence-corrected chi connectivity index (χ3v) is 1.91. The second kappa shape index (κ2) is 2.42. The summed E-state index contributed by atoms with van der Waals surface area (Å²) in [5.41, 5.74) is 4.37. The molecule has 2 aliphatic heterocycles. The van der Waals surface area contributed by atoms with E-state index in [0.717, 1.165) is 6.42 Å². The molecular formula is C8H11N3. The number of fused-ring (bicyclic) bond motifs is 1. The third-order valence-electron chi connectivity index (χ3n) is 1.91. The van der Waals surface area contributed by atoms with Crippen molar-refractivity contribution in [2.45, 2.75) is 19.5 Å². The van der Waals surface area contributed by atoms with Gasteiger partial charge in [0.2, 0.25) is 0 Å². The molecule has 0 radical (unpaired) electrons. The van der Waals surface area contributed by atoms with E-state index >= 15 is 0 Å². The molecule has 0 aliphatic carbocycles. The highest BCUT2D eigenvalue weighted by atomic mass is 15.6. The van der Waals surface area contributed by atoms with Crippen LogP contribution in [0.1, 0.15) is 13.3 Å². The van der Waals surface area contributed by atoms with Crippen molar-refractivity contribution < 1.29 is 0 Å². The predicted octanol–water partition coefficient (Wildman–Crippen LogP) is 1.02. The van der Waals surface area contributed by atoms with Gasteiger partial charge in [-0.2, -0.15) is 0 Å². The highest BCUT2D eigenvalue weighted by Crippen LogP contribution is 2.16. The first-order valence-corrected chi connectivity index (χ1v) is 3.85. The minimum absolute atomic E-state index is 0.185. The molecule has 0 saturated heterocycles. The predicted molar refractivity (Wildman–Crippen MR) is 44.8 cm³/mol. The van der Waals surface area contributed by atoms with Crippen molar-refractivity contribution in [2.75, 3.05) is 0 Å². The Morgan fingerprint density at radius 1 is 1.73 bits per heavy atom.